The summed E-state index contributed by atoms with van der Waals surface area (Å²) in [5.74, 6) is 0.986. The van der Waals surface area contributed by atoms with Gasteiger partial charge < -0.3 is 10.6 Å². The Morgan fingerprint density at radius 2 is 2.00 bits per heavy atom. The van der Waals surface area contributed by atoms with Crippen molar-refractivity contribution in [3.8, 4) is 0 Å². The van der Waals surface area contributed by atoms with E-state index in [1.54, 1.807) is 24.3 Å². The number of piperidine rings is 1. The molecular weight excluding hydrogens is 306 g/mol. The van der Waals surface area contributed by atoms with Gasteiger partial charge in [-0.3, -0.25) is 9.59 Å². The molecule has 1 aliphatic heterocycles. The molecule has 0 unspecified atom stereocenters. The van der Waals surface area contributed by atoms with Crippen LogP contribution in [0.15, 0.2) is 24.3 Å². The third-order valence-electron chi connectivity index (χ3n) is 4.33. The monoisotopic (exact) mass is 327 g/mol. The van der Waals surface area contributed by atoms with E-state index in [1.165, 1.54) is 0 Å². The third kappa shape index (κ3) is 3.15. The van der Waals surface area contributed by atoms with Gasteiger partial charge in [-0.25, -0.2) is 9.67 Å². The fraction of sp³-hybridized carbons (Fsp3) is 0.412. The minimum absolute atomic E-state index is 0.0858. The lowest BCUT2D eigenvalue weighted by molar-refractivity contribution is 0.0671. The predicted molar refractivity (Wildman–Crippen MR) is 88.6 cm³/mol. The second kappa shape index (κ2) is 6.43. The summed E-state index contributed by atoms with van der Waals surface area (Å²) in [5.41, 5.74) is 6.13. The van der Waals surface area contributed by atoms with E-state index in [2.05, 4.69) is 10.1 Å². The van der Waals surface area contributed by atoms with Crippen molar-refractivity contribution in [2.24, 2.45) is 5.73 Å². The van der Waals surface area contributed by atoms with Crippen LogP contribution in [0.2, 0.25) is 0 Å². The van der Waals surface area contributed by atoms with Crippen molar-refractivity contribution in [2.75, 3.05) is 13.1 Å². The topological polar surface area (TPSA) is 94.1 Å². The first-order valence-corrected chi connectivity index (χ1v) is 8.04. The zero-order chi connectivity index (χ0) is 17.3. The van der Waals surface area contributed by atoms with E-state index in [-0.39, 0.29) is 11.9 Å². The van der Waals surface area contributed by atoms with Crippen molar-refractivity contribution in [3.63, 3.8) is 0 Å². The molecule has 2 N–H and O–H groups in total. The molecule has 1 atom stereocenters. The number of carbonyl (C=O) groups is 2. The Balaban J connectivity index is 1.79. The van der Waals surface area contributed by atoms with Crippen LogP contribution in [0.1, 0.15) is 51.2 Å². The maximum absolute atomic E-state index is 12.8. The van der Waals surface area contributed by atoms with E-state index in [4.69, 9.17) is 5.73 Å². The number of benzene rings is 1. The highest BCUT2D eigenvalue weighted by molar-refractivity contribution is 5.99. The number of aryl methyl sites for hydroxylation is 2. The number of nitrogens with two attached hydrogens (primary N) is 1. The molecular formula is C17H21N5O2. The summed E-state index contributed by atoms with van der Waals surface area (Å²) in [5, 5.41) is 4.44. The lowest BCUT2D eigenvalue weighted by atomic mass is 10.0. The van der Waals surface area contributed by atoms with Gasteiger partial charge in [-0.05, 0) is 44.9 Å². The van der Waals surface area contributed by atoms with E-state index in [0.717, 1.165) is 24.5 Å². The number of aromatic nitrogens is 3. The van der Waals surface area contributed by atoms with Crippen LogP contribution in [0.3, 0.4) is 0 Å². The first-order chi connectivity index (χ1) is 11.5. The Kier molecular flexibility index (Phi) is 4.33. The van der Waals surface area contributed by atoms with Crippen molar-refractivity contribution in [1.82, 2.24) is 19.7 Å². The minimum Gasteiger partial charge on any atom is -0.366 e. The molecule has 1 aromatic carbocycles. The summed E-state index contributed by atoms with van der Waals surface area (Å²) < 4.78 is 1.91. The van der Waals surface area contributed by atoms with Crippen LogP contribution >= 0.6 is 0 Å². The molecule has 2 heterocycles. The average Bonchev–Trinajstić information content (AvgIpc) is 2.93. The molecule has 1 aliphatic rings. The third-order valence-corrected chi connectivity index (χ3v) is 4.33. The number of hydrogen-bond donors (Lipinski definition) is 1. The van der Waals surface area contributed by atoms with Gasteiger partial charge in [0.15, 0.2) is 0 Å². The van der Waals surface area contributed by atoms with Gasteiger partial charge in [0.1, 0.15) is 11.6 Å². The first-order valence-electron chi connectivity index (χ1n) is 8.04. The standard InChI is InChI=1S/C17H21N5O2/c1-11-19-12(2)22(20-11)15-7-4-8-21(10-15)17(24)14-6-3-5-13(9-14)16(18)23/h3,5-6,9,15H,4,7-8,10H2,1-2H3,(H2,18,23)/t15-/m0/s1. The lowest BCUT2D eigenvalue weighted by Gasteiger charge is -2.33. The number of primary amides is 1. The van der Waals surface area contributed by atoms with Crippen LogP contribution in [-0.2, 0) is 0 Å². The molecule has 1 fully saturated rings. The molecule has 3 rings (SSSR count). The molecule has 0 aliphatic carbocycles. The Morgan fingerprint density at radius 1 is 1.25 bits per heavy atom. The zero-order valence-electron chi connectivity index (χ0n) is 13.9. The zero-order valence-corrected chi connectivity index (χ0v) is 13.9. The highest BCUT2D eigenvalue weighted by Gasteiger charge is 2.27. The van der Waals surface area contributed by atoms with Gasteiger partial charge in [0, 0.05) is 24.2 Å². The average molecular weight is 327 g/mol. The van der Waals surface area contributed by atoms with Crippen molar-refractivity contribution in [3.05, 3.63) is 47.0 Å². The van der Waals surface area contributed by atoms with Gasteiger partial charge in [0.2, 0.25) is 5.91 Å². The van der Waals surface area contributed by atoms with E-state index >= 15 is 0 Å². The van der Waals surface area contributed by atoms with Crippen molar-refractivity contribution >= 4 is 11.8 Å². The molecule has 0 radical (unpaired) electrons. The molecule has 126 valence electrons. The van der Waals surface area contributed by atoms with Crippen LogP contribution in [0.5, 0.6) is 0 Å². The van der Waals surface area contributed by atoms with Gasteiger partial charge >= 0.3 is 0 Å². The molecule has 0 spiro atoms. The molecule has 1 aromatic heterocycles. The van der Waals surface area contributed by atoms with E-state index in [0.29, 0.717) is 24.2 Å². The highest BCUT2D eigenvalue weighted by atomic mass is 16.2. The van der Waals surface area contributed by atoms with Gasteiger partial charge in [-0.1, -0.05) is 6.07 Å². The summed E-state index contributed by atoms with van der Waals surface area (Å²) in [4.78, 5) is 30.2. The summed E-state index contributed by atoms with van der Waals surface area (Å²) in [6, 6.07) is 6.69. The van der Waals surface area contributed by atoms with E-state index < -0.39 is 5.91 Å². The molecule has 24 heavy (non-hydrogen) atoms. The summed E-state index contributed by atoms with van der Waals surface area (Å²) in [6.07, 6.45) is 1.87. The Hall–Kier alpha value is -2.70. The van der Waals surface area contributed by atoms with Crippen molar-refractivity contribution in [2.45, 2.75) is 32.7 Å². The van der Waals surface area contributed by atoms with Crippen LogP contribution in [0.4, 0.5) is 0 Å². The maximum Gasteiger partial charge on any atom is 0.253 e. The van der Waals surface area contributed by atoms with Gasteiger partial charge in [-0.2, -0.15) is 5.10 Å². The van der Waals surface area contributed by atoms with Crippen LogP contribution in [0, 0.1) is 13.8 Å². The molecule has 1 saturated heterocycles. The summed E-state index contributed by atoms with van der Waals surface area (Å²) in [7, 11) is 0. The predicted octanol–water partition coefficient (Wildman–Crippen LogP) is 1.47. The maximum atomic E-state index is 12.8. The number of hydrogen-bond acceptors (Lipinski definition) is 4. The quantitative estimate of drug-likeness (QED) is 0.923. The summed E-state index contributed by atoms with van der Waals surface area (Å²) >= 11 is 0. The smallest absolute Gasteiger partial charge is 0.253 e. The second-order valence-corrected chi connectivity index (χ2v) is 6.14. The Bertz CT molecular complexity index is 783. The van der Waals surface area contributed by atoms with Gasteiger partial charge in [0.05, 0.1) is 6.04 Å². The number of likely N-dealkylation sites (tertiary alicyclic amines) is 1. The largest absolute Gasteiger partial charge is 0.366 e. The SMILES string of the molecule is Cc1nc(C)n([C@H]2CCCN(C(=O)c3cccc(C(N)=O)c3)C2)n1. The Labute approximate surface area is 140 Å². The number of amides is 2. The molecule has 7 heteroatoms. The van der Waals surface area contributed by atoms with E-state index in [1.807, 2.05) is 23.4 Å². The van der Waals surface area contributed by atoms with Gasteiger partial charge in [-0.15, -0.1) is 0 Å². The molecule has 0 bridgehead atoms. The highest BCUT2D eigenvalue weighted by Crippen LogP contribution is 2.23. The molecule has 2 amide bonds. The number of rotatable bonds is 3. The number of nitrogens with zero attached hydrogens (tertiary/aromatic N) is 4. The van der Waals surface area contributed by atoms with E-state index in [9.17, 15) is 9.59 Å². The second-order valence-electron chi connectivity index (χ2n) is 6.14. The fourth-order valence-electron chi connectivity index (χ4n) is 3.21. The Morgan fingerprint density at radius 3 is 2.67 bits per heavy atom. The summed E-state index contributed by atoms with van der Waals surface area (Å²) in [6.45, 7) is 5.08. The minimum atomic E-state index is -0.533. The van der Waals surface area contributed by atoms with Crippen molar-refractivity contribution in [1.29, 1.82) is 0 Å². The van der Waals surface area contributed by atoms with Gasteiger partial charge in [0.25, 0.3) is 5.91 Å². The lowest BCUT2D eigenvalue weighted by Crippen LogP contribution is -2.41. The molecule has 7 nitrogen and oxygen atoms in total. The van der Waals surface area contributed by atoms with Crippen LogP contribution in [0.25, 0.3) is 0 Å². The first kappa shape index (κ1) is 16.2. The van der Waals surface area contributed by atoms with Crippen LogP contribution < -0.4 is 5.73 Å². The number of carbonyl (C=O) groups excluding carboxylic acids is 2. The fourth-order valence-corrected chi connectivity index (χ4v) is 3.21. The van der Waals surface area contributed by atoms with Crippen LogP contribution in [-0.4, -0.2) is 44.6 Å². The van der Waals surface area contributed by atoms with Crippen molar-refractivity contribution < 1.29 is 9.59 Å². The normalized spacial score (nSPS) is 17.8. The molecule has 0 saturated carbocycles. The molecule has 2 aromatic rings.